The van der Waals surface area contributed by atoms with Crippen molar-refractivity contribution in [3.8, 4) is 0 Å². The van der Waals surface area contributed by atoms with Crippen LogP contribution in [0, 0.1) is 5.41 Å². The van der Waals surface area contributed by atoms with Gasteiger partial charge in [0.1, 0.15) is 11.4 Å². The van der Waals surface area contributed by atoms with Gasteiger partial charge in [0.15, 0.2) is 0 Å². The standard InChI is InChI=1S/C7H15N3O/c1-5(2)9-10-6(8)7(3,4)11/h11H,1-4H3,(H2,8,10). The van der Waals surface area contributed by atoms with Gasteiger partial charge >= 0.3 is 0 Å². The summed E-state index contributed by atoms with van der Waals surface area (Å²) >= 11 is 0. The van der Waals surface area contributed by atoms with Crippen LogP contribution >= 0.6 is 0 Å². The molecule has 0 heterocycles. The van der Waals surface area contributed by atoms with E-state index in [9.17, 15) is 5.11 Å². The summed E-state index contributed by atoms with van der Waals surface area (Å²) in [7, 11) is 0. The third kappa shape index (κ3) is 4.50. The van der Waals surface area contributed by atoms with E-state index >= 15 is 0 Å². The van der Waals surface area contributed by atoms with Gasteiger partial charge in [-0.3, -0.25) is 10.8 Å². The van der Waals surface area contributed by atoms with Gasteiger partial charge < -0.3 is 5.11 Å². The zero-order valence-corrected chi connectivity index (χ0v) is 7.39. The molecule has 0 aliphatic rings. The van der Waals surface area contributed by atoms with Crippen molar-refractivity contribution in [1.29, 1.82) is 5.41 Å². The molecule has 0 unspecified atom stereocenters. The number of hydrogen-bond acceptors (Lipinski definition) is 3. The van der Waals surface area contributed by atoms with E-state index < -0.39 is 5.60 Å². The highest BCUT2D eigenvalue weighted by atomic mass is 16.3. The second-order valence-corrected chi connectivity index (χ2v) is 3.10. The lowest BCUT2D eigenvalue weighted by Crippen LogP contribution is -2.39. The predicted molar refractivity (Wildman–Crippen MR) is 45.9 cm³/mol. The fourth-order valence-electron chi connectivity index (χ4n) is 0.305. The fourth-order valence-corrected chi connectivity index (χ4v) is 0.305. The molecule has 4 heteroatoms. The Hall–Kier alpha value is -0.900. The third-order valence-electron chi connectivity index (χ3n) is 1.00. The third-order valence-corrected chi connectivity index (χ3v) is 1.00. The molecule has 0 aliphatic carbocycles. The van der Waals surface area contributed by atoms with Crippen molar-refractivity contribution in [1.82, 2.24) is 5.43 Å². The molecule has 0 aliphatic heterocycles. The first kappa shape index (κ1) is 10.1. The van der Waals surface area contributed by atoms with Gasteiger partial charge in [0.2, 0.25) is 0 Å². The highest BCUT2D eigenvalue weighted by molar-refractivity contribution is 5.88. The number of nitrogens with zero attached hydrogens (tertiary/aromatic N) is 1. The van der Waals surface area contributed by atoms with Crippen LogP contribution in [0.1, 0.15) is 27.7 Å². The van der Waals surface area contributed by atoms with Gasteiger partial charge in [0.25, 0.3) is 0 Å². The maximum absolute atomic E-state index is 9.24. The molecule has 0 saturated carbocycles. The summed E-state index contributed by atoms with van der Waals surface area (Å²) in [5.74, 6) is -0.00120. The van der Waals surface area contributed by atoms with Crippen LogP contribution in [0.5, 0.6) is 0 Å². The van der Waals surface area contributed by atoms with Crippen LogP contribution in [0.2, 0.25) is 0 Å². The molecule has 0 spiro atoms. The number of amidine groups is 1. The van der Waals surface area contributed by atoms with E-state index in [0.29, 0.717) is 0 Å². The van der Waals surface area contributed by atoms with Gasteiger partial charge in [-0.15, -0.1) is 0 Å². The zero-order valence-electron chi connectivity index (χ0n) is 7.39. The van der Waals surface area contributed by atoms with Crippen LogP contribution < -0.4 is 5.43 Å². The molecule has 0 saturated heterocycles. The minimum Gasteiger partial charge on any atom is -0.382 e. The minimum absolute atomic E-state index is 0.00120. The lowest BCUT2D eigenvalue weighted by molar-refractivity contribution is 0.148. The molecule has 0 fully saturated rings. The second-order valence-electron chi connectivity index (χ2n) is 3.10. The Morgan fingerprint density at radius 1 is 1.45 bits per heavy atom. The van der Waals surface area contributed by atoms with Gasteiger partial charge in [-0.2, -0.15) is 5.10 Å². The second kappa shape index (κ2) is 3.48. The van der Waals surface area contributed by atoms with Crippen molar-refractivity contribution in [2.75, 3.05) is 0 Å². The van der Waals surface area contributed by atoms with Crippen molar-refractivity contribution >= 4 is 11.5 Å². The Labute approximate surface area is 66.8 Å². The molecular weight excluding hydrogens is 142 g/mol. The summed E-state index contributed by atoms with van der Waals surface area (Å²) in [6, 6.07) is 0. The summed E-state index contributed by atoms with van der Waals surface area (Å²) in [4.78, 5) is 0. The van der Waals surface area contributed by atoms with Crippen molar-refractivity contribution < 1.29 is 5.11 Å². The quantitative estimate of drug-likeness (QED) is 0.314. The van der Waals surface area contributed by atoms with Gasteiger partial charge in [0, 0.05) is 5.71 Å². The normalized spacial score (nSPS) is 10.6. The van der Waals surface area contributed by atoms with E-state index in [2.05, 4.69) is 10.5 Å². The van der Waals surface area contributed by atoms with Crippen molar-refractivity contribution in [3.05, 3.63) is 0 Å². The van der Waals surface area contributed by atoms with Crippen LogP contribution in [0.25, 0.3) is 0 Å². The monoisotopic (exact) mass is 157 g/mol. The number of nitrogens with one attached hydrogen (secondary N) is 2. The molecule has 0 rings (SSSR count). The summed E-state index contributed by atoms with van der Waals surface area (Å²) in [6.45, 7) is 6.68. The fraction of sp³-hybridized carbons (Fsp3) is 0.714. The van der Waals surface area contributed by atoms with Gasteiger partial charge in [0.05, 0.1) is 0 Å². The van der Waals surface area contributed by atoms with Crippen LogP contribution in [-0.4, -0.2) is 22.3 Å². The van der Waals surface area contributed by atoms with E-state index in [4.69, 9.17) is 5.41 Å². The van der Waals surface area contributed by atoms with Gasteiger partial charge in [-0.1, -0.05) is 0 Å². The Kier molecular flexibility index (Phi) is 3.19. The Morgan fingerprint density at radius 2 is 1.91 bits per heavy atom. The lowest BCUT2D eigenvalue weighted by atomic mass is 10.1. The van der Waals surface area contributed by atoms with Crippen molar-refractivity contribution in [3.63, 3.8) is 0 Å². The topological polar surface area (TPSA) is 68.5 Å². The van der Waals surface area contributed by atoms with Gasteiger partial charge in [-0.25, -0.2) is 0 Å². The summed E-state index contributed by atoms with van der Waals surface area (Å²) in [5.41, 5.74) is 2.12. The molecule has 0 aromatic heterocycles. The SMILES string of the molecule is CC(C)=NNC(=N)C(C)(C)O. The number of hydrazone groups is 1. The number of aliphatic hydroxyl groups is 1. The maximum atomic E-state index is 9.24. The molecular formula is C7H15N3O. The Morgan fingerprint density at radius 3 is 2.18 bits per heavy atom. The Balaban J connectivity index is 4.01. The molecule has 0 atom stereocenters. The van der Waals surface area contributed by atoms with E-state index in [1.165, 1.54) is 13.8 Å². The molecule has 0 aromatic carbocycles. The summed E-state index contributed by atoms with van der Waals surface area (Å²) < 4.78 is 0. The lowest BCUT2D eigenvalue weighted by Gasteiger charge is -2.17. The molecule has 3 N–H and O–H groups in total. The molecule has 11 heavy (non-hydrogen) atoms. The summed E-state index contributed by atoms with van der Waals surface area (Å²) in [5, 5.41) is 20.3. The number of hydrogen-bond donors (Lipinski definition) is 3. The Bertz CT molecular complexity index is 175. The molecule has 4 nitrogen and oxygen atoms in total. The molecule has 0 bridgehead atoms. The van der Waals surface area contributed by atoms with Gasteiger partial charge in [-0.05, 0) is 27.7 Å². The maximum Gasteiger partial charge on any atom is 0.146 e. The molecule has 0 amide bonds. The predicted octanol–water partition coefficient (Wildman–Crippen LogP) is 0.720. The smallest absolute Gasteiger partial charge is 0.146 e. The first-order valence-corrected chi connectivity index (χ1v) is 3.42. The average molecular weight is 157 g/mol. The zero-order chi connectivity index (χ0) is 9.07. The first-order valence-electron chi connectivity index (χ1n) is 3.42. The van der Waals surface area contributed by atoms with Crippen molar-refractivity contribution in [2.45, 2.75) is 33.3 Å². The minimum atomic E-state index is -1.14. The number of rotatable bonds is 2. The summed E-state index contributed by atoms with van der Waals surface area (Å²) in [6.07, 6.45) is 0. The van der Waals surface area contributed by atoms with Crippen LogP contribution in [0.15, 0.2) is 5.10 Å². The highest BCUT2D eigenvalue weighted by Crippen LogP contribution is 1.99. The van der Waals surface area contributed by atoms with Crippen LogP contribution in [-0.2, 0) is 0 Å². The van der Waals surface area contributed by atoms with Crippen LogP contribution in [0.4, 0.5) is 0 Å². The largest absolute Gasteiger partial charge is 0.382 e. The highest BCUT2D eigenvalue weighted by Gasteiger charge is 2.18. The molecule has 0 radical (unpaired) electrons. The molecule has 0 aromatic rings. The first-order chi connectivity index (χ1) is 4.84. The van der Waals surface area contributed by atoms with Crippen LogP contribution in [0.3, 0.4) is 0 Å². The van der Waals surface area contributed by atoms with E-state index in [-0.39, 0.29) is 5.84 Å². The van der Waals surface area contributed by atoms with Crippen molar-refractivity contribution in [2.24, 2.45) is 5.10 Å². The van der Waals surface area contributed by atoms with E-state index in [1.54, 1.807) is 0 Å². The molecule has 64 valence electrons. The van der Waals surface area contributed by atoms with E-state index in [1.807, 2.05) is 13.8 Å². The average Bonchev–Trinajstić information content (AvgIpc) is 1.80. The van der Waals surface area contributed by atoms with E-state index in [0.717, 1.165) is 5.71 Å².